The molecular formula is C19H24FN5O3S. The molecule has 2 aromatic rings. The van der Waals surface area contributed by atoms with E-state index in [0.29, 0.717) is 35.7 Å². The highest BCUT2D eigenvalue weighted by atomic mass is 32.2. The Kier molecular flexibility index (Phi) is 8.66. The van der Waals surface area contributed by atoms with Crippen molar-refractivity contribution in [3.63, 3.8) is 0 Å². The van der Waals surface area contributed by atoms with Crippen LogP contribution in [0.5, 0.6) is 5.75 Å². The number of imide groups is 1. The van der Waals surface area contributed by atoms with Gasteiger partial charge in [0.25, 0.3) is 0 Å². The second-order valence-electron chi connectivity index (χ2n) is 6.48. The van der Waals surface area contributed by atoms with Gasteiger partial charge in [0.15, 0.2) is 11.0 Å². The molecule has 0 saturated carbocycles. The molecule has 0 fully saturated rings. The number of hydrogen-bond acceptors (Lipinski definition) is 6. The number of carbonyl (C=O) groups is 2. The van der Waals surface area contributed by atoms with Crippen LogP contribution in [-0.4, -0.2) is 39.0 Å². The Hall–Kier alpha value is -2.88. The van der Waals surface area contributed by atoms with Gasteiger partial charge in [-0.1, -0.05) is 31.7 Å². The van der Waals surface area contributed by atoms with E-state index in [1.165, 1.54) is 24.3 Å². The number of halogens is 1. The lowest BCUT2D eigenvalue weighted by Gasteiger charge is -2.10. The predicted molar refractivity (Wildman–Crippen MR) is 108 cm³/mol. The molecule has 10 heteroatoms. The van der Waals surface area contributed by atoms with E-state index in [-0.39, 0.29) is 18.2 Å². The number of carbonyl (C=O) groups excluding carboxylic acids is 2. The average molecular weight is 421 g/mol. The fraction of sp³-hybridized carbons (Fsp3) is 0.368. The minimum atomic E-state index is -0.523. The smallest absolute Gasteiger partial charge is 0.321 e. The van der Waals surface area contributed by atoms with Gasteiger partial charge in [0.05, 0.1) is 5.75 Å². The topological polar surface area (TPSA) is 98.1 Å². The number of amides is 3. The zero-order chi connectivity index (χ0) is 21.2. The van der Waals surface area contributed by atoms with Gasteiger partial charge >= 0.3 is 6.03 Å². The Labute approximate surface area is 172 Å². The molecule has 1 aromatic heterocycles. The molecule has 0 aliphatic carbocycles. The molecule has 156 valence electrons. The average Bonchev–Trinajstić information content (AvgIpc) is 3.06. The first-order valence-electron chi connectivity index (χ1n) is 9.00. The highest BCUT2D eigenvalue weighted by Crippen LogP contribution is 2.19. The zero-order valence-corrected chi connectivity index (χ0v) is 17.2. The highest BCUT2D eigenvalue weighted by Gasteiger charge is 2.15. The van der Waals surface area contributed by atoms with E-state index in [9.17, 15) is 14.0 Å². The maximum atomic E-state index is 13.0. The predicted octanol–water partition coefficient (Wildman–Crippen LogP) is 2.76. The third kappa shape index (κ3) is 7.57. The van der Waals surface area contributed by atoms with E-state index in [1.54, 1.807) is 10.6 Å². The van der Waals surface area contributed by atoms with E-state index in [1.807, 2.05) is 13.8 Å². The second-order valence-corrected chi connectivity index (χ2v) is 7.42. The molecule has 1 heterocycles. The maximum absolute atomic E-state index is 13.0. The molecule has 0 unspecified atom stereocenters. The number of urea groups is 1. The molecule has 0 aliphatic rings. The number of rotatable bonds is 10. The molecule has 1 aromatic carbocycles. The summed E-state index contributed by atoms with van der Waals surface area (Å²) in [5.41, 5.74) is 0. The van der Waals surface area contributed by atoms with Gasteiger partial charge in [-0.15, -0.1) is 16.8 Å². The fourth-order valence-electron chi connectivity index (χ4n) is 2.16. The fourth-order valence-corrected chi connectivity index (χ4v) is 2.92. The van der Waals surface area contributed by atoms with E-state index in [4.69, 9.17) is 4.74 Å². The van der Waals surface area contributed by atoms with Crippen molar-refractivity contribution < 1.29 is 18.7 Å². The first kappa shape index (κ1) is 22.4. The number of thioether (sulfide) groups is 1. The molecule has 0 bridgehead atoms. The van der Waals surface area contributed by atoms with Crippen molar-refractivity contribution in [2.24, 2.45) is 5.92 Å². The Morgan fingerprint density at radius 1 is 1.31 bits per heavy atom. The van der Waals surface area contributed by atoms with Gasteiger partial charge in [-0.05, 0) is 30.2 Å². The summed E-state index contributed by atoms with van der Waals surface area (Å²) in [6, 6.07) is 5.13. The van der Waals surface area contributed by atoms with Crippen LogP contribution in [0, 0.1) is 11.7 Å². The van der Waals surface area contributed by atoms with Crippen LogP contribution in [0.1, 0.15) is 19.7 Å². The molecule has 0 radical (unpaired) electrons. The second kappa shape index (κ2) is 11.2. The van der Waals surface area contributed by atoms with Gasteiger partial charge in [-0.2, -0.15) is 0 Å². The number of aromatic nitrogens is 3. The number of hydrogen-bond donors (Lipinski definition) is 2. The SMILES string of the molecule is C=CCn1c(COc2ccc(F)cc2)nnc1SCC(=O)NC(=O)NCC(C)C. The molecule has 2 N–H and O–H groups in total. The van der Waals surface area contributed by atoms with Gasteiger partial charge < -0.3 is 10.1 Å². The Morgan fingerprint density at radius 2 is 2.03 bits per heavy atom. The number of ether oxygens (including phenoxy) is 1. The molecule has 0 spiro atoms. The summed E-state index contributed by atoms with van der Waals surface area (Å²) in [5, 5.41) is 13.6. The third-order valence-corrected chi connectivity index (χ3v) is 4.51. The quantitative estimate of drug-likeness (QED) is 0.452. The van der Waals surface area contributed by atoms with Crippen LogP contribution < -0.4 is 15.4 Å². The van der Waals surface area contributed by atoms with E-state index < -0.39 is 11.9 Å². The molecule has 2 rings (SSSR count). The summed E-state index contributed by atoms with van der Waals surface area (Å²) in [5.74, 6) is 0.546. The monoisotopic (exact) mass is 421 g/mol. The number of allylic oxidation sites excluding steroid dienone is 1. The van der Waals surface area contributed by atoms with Gasteiger partial charge in [0.1, 0.15) is 18.2 Å². The molecule has 0 atom stereocenters. The van der Waals surface area contributed by atoms with Crippen molar-refractivity contribution in [1.29, 1.82) is 0 Å². The Morgan fingerprint density at radius 3 is 2.69 bits per heavy atom. The van der Waals surface area contributed by atoms with Crippen molar-refractivity contribution in [1.82, 2.24) is 25.4 Å². The zero-order valence-electron chi connectivity index (χ0n) is 16.4. The van der Waals surface area contributed by atoms with Crippen LogP contribution in [0.4, 0.5) is 9.18 Å². The van der Waals surface area contributed by atoms with E-state index in [2.05, 4.69) is 27.4 Å². The van der Waals surface area contributed by atoms with Crippen LogP contribution >= 0.6 is 11.8 Å². The molecule has 0 aliphatic heterocycles. The van der Waals surface area contributed by atoms with Crippen molar-refractivity contribution in [3.8, 4) is 5.75 Å². The number of nitrogens with zero attached hydrogens (tertiary/aromatic N) is 3. The first-order valence-corrected chi connectivity index (χ1v) is 9.99. The Bertz CT molecular complexity index is 839. The lowest BCUT2D eigenvalue weighted by molar-refractivity contribution is -0.117. The molecular weight excluding hydrogens is 397 g/mol. The minimum Gasteiger partial charge on any atom is -0.486 e. The van der Waals surface area contributed by atoms with Crippen LogP contribution in [-0.2, 0) is 17.9 Å². The van der Waals surface area contributed by atoms with Crippen molar-refractivity contribution in [2.75, 3.05) is 12.3 Å². The molecule has 29 heavy (non-hydrogen) atoms. The van der Waals surface area contributed by atoms with Crippen molar-refractivity contribution >= 4 is 23.7 Å². The maximum Gasteiger partial charge on any atom is 0.321 e. The highest BCUT2D eigenvalue weighted by molar-refractivity contribution is 7.99. The standard InChI is InChI=1S/C19H24FN5O3S/c1-4-9-25-16(11-28-15-7-5-14(20)6-8-15)23-24-19(25)29-12-17(26)22-18(27)21-10-13(2)3/h4-8,13H,1,9-12H2,2-3H3,(H2,21,22,26,27). The molecule has 3 amide bonds. The minimum absolute atomic E-state index is 0.00317. The van der Waals surface area contributed by atoms with Gasteiger partial charge in [0.2, 0.25) is 5.91 Å². The summed E-state index contributed by atoms with van der Waals surface area (Å²) < 4.78 is 20.3. The van der Waals surface area contributed by atoms with Crippen LogP contribution in [0.2, 0.25) is 0 Å². The molecule has 0 saturated heterocycles. The summed E-state index contributed by atoms with van der Waals surface area (Å²) >= 11 is 1.15. The van der Waals surface area contributed by atoms with Crippen LogP contribution in [0.25, 0.3) is 0 Å². The summed E-state index contributed by atoms with van der Waals surface area (Å²) in [4.78, 5) is 23.6. The largest absolute Gasteiger partial charge is 0.486 e. The van der Waals surface area contributed by atoms with Gasteiger partial charge in [-0.3, -0.25) is 14.7 Å². The third-order valence-electron chi connectivity index (χ3n) is 3.54. The van der Waals surface area contributed by atoms with Crippen LogP contribution in [0.15, 0.2) is 42.1 Å². The normalized spacial score (nSPS) is 10.6. The van der Waals surface area contributed by atoms with Crippen molar-refractivity contribution in [2.45, 2.75) is 32.2 Å². The number of nitrogens with one attached hydrogen (secondary N) is 2. The first-order chi connectivity index (χ1) is 13.9. The number of benzene rings is 1. The summed E-state index contributed by atoms with van der Waals surface area (Å²) in [7, 11) is 0. The summed E-state index contributed by atoms with van der Waals surface area (Å²) in [6.07, 6.45) is 1.67. The lowest BCUT2D eigenvalue weighted by atomic mass is 10.2. The summed E-state index contributed by atoms with van der Waals surface area (Å²) in [6.45, 7) is 8.66. The molecule has 8 nitrogen and oxygen atoms in total. The Balaban J connectivity index is 1.91. The van der Waals surface area contributed by atoms with Crippen molar-refractivity contribution in [3.05, 3.63) is 48.6 Å². The van der Waals surface area contributed by atoms with E-state index >= 15 is 0 Å². The van der Waals surface area contributed by atoms with Gasteiger partial charge in [-0.25, -0.2) is 9.18 Å². The van der Waals surface area contributed by atoms with Crippen LogP contribution in [0.3, 0.4) is 0 Å². The van der Waals surface area contributed by atoms with Gasteiger partial charge in [0, 0.05) is 13.1 Å². The van der Waals surface area contributed by atoms with E-state index in [0.717, 1.165) is 11.8 Å². The lowest BCUT2D eigenvalue weighted by Crippen LogP contribution is -2.41.